The van der Waals surface area contributed by atoms with E-state index in [9.17, 15) is 0 Å². The summed E-state index contributed by atoms with van der Waals surface area (Å²) in [5.74, 6) is 0. The number of hydrogen-bond donors (Lipinski definition) is 0. The first-order valence-electron chi connectivity index (χ1n) is 6.49. The molecule has 0 aromatic heterocycles. The minimum Gasteiger partial charge on any atom is -0.384 e. The molecule has 0 bridgehead atoms. The second kappa shape index (κ2) is 8.97. The molecule has 1 unspecified atom stereocenters. The van der Waals surface area contributed by atoms with Crippen molar-refractivity contribution in [3.63, 3.8) is 0 Å². The summed E-state index contributed by atoms with van der Waals surface area (Å²) in [6.45, 7) is 14.4. The van der Waals surface area contributed by atoms with Gasteiger partial charge in [0, 0.05) is 32.2 Å². The average Bonchev–Trinajstić information content (AvgIpc) is 2.33. The minimum atomic E-state index is 0.298. The van der Waals surface area contributed by atoms with Crippen molar-refractivity contribution in [2.45, 2.75) is 34.1 Å². The lowest BCUT2D eigenvalue weighted by atomic mass is 9.88. The molecule has 0 amide bonds. The number of hydrogen-bond acceptors (Lipinski definition) is 3. The summed E-state index contributed by atoms with van der Waals surface area (Å²) < 4.78 is 10.6. The molecule has 0 N–H and O–H groups in total. The first-order chi connectivity index (χ1) is 7.70. The largest absolute Gasteiger partial charge is 0.384 e. The van der Waals surface area contributed by atoms with Crippen LogP contribution in [-0.2, 0) is 9.47 Å². The van der Waals surface area contributed by atoms with E-state index in [0.717, 1.165) is 45.9 Å². The van der Waals surface area contributed by atoms with Crippen LogP contribution in [0.2, 0.25) is 0 Å². The van der Waals surface area contributed by atoms with Crippen LogP contribution in [-0.4, -0.2) is 51.5 Å². The molecule has 0 saturated carbocycles. The quantitative estimate of drug-likeness (QED) is 0.725. The molecular formula is C13H29NO2. The molecule has 0 radical (unpaired) electrons. The van der Waals surface area contributed by atoms with Crippen molar-refractivity contribution in [1.29, 1.82) is 0 Å². The van der Waals surface area contributed by atoms with Crippen molar-refractivity contribution in [2.75, 3.05) is 46.6 Å². The van der Waals surface area contributed by atoms with Crippen molar-refractivity contribution >= 4 is 0 Å². The molecule has 1 heterocycles. The molecule has 1 aliphatic rings. The molecule has 1 saturated heterocycles. The van der Waals surface area contributed by atoms with E-state index in [1.807, 2.05) is 13.8 Å². The van der Waals surface area contributed by atoms with E-state index in [4.69, 9.17) is 9.47 Å². The summed E-state index contributed by atoms with van der Waals surface area (Å²) in [5, 5.41) is 0. The molecule has 0 spiro atoms. The Labute approximate surface area is 101 Å². The number of rotatable bonds is 5. The van der Waals surface area contributed by atoms with Gasteiger partial charge in [0.15, 0.2) is 0 Å². The summed E-state index contributed by atoms with van der Waals surface area (Å²) >= 11 is 0. The maximum atomic E-state index is 5.33. The fourth-order valence-corrected chi connectivity index (χ4v) is 1.91. The lowest BCUT2D eigenvalue weighted by Gasteiger charge is -2.36. The molecule has 0 aliphatic carbocycles. The van der Waals surface area contributed by atoms with Crippen molar-refractivity contribution in [3.8, 4) is 0 Å². The molecule has 0 aromatic rings. The lowest BCUT2D eigenvalue weighted by molar-refractivity contribution is -0.00180. The number of methoxy groups -OCH3 is 1. The number of ether oxygens (including phenoxy) is 2. The van der Waals surface area contributed by atoms with Gasteiger partial charge >= 0.3 is 0 Å². The third-order valence-electron chi connectivity index (χ3n) is 3.06. The molecule has 3 heteroatoms. The zero-order valence-electron chi connectivity index (χ0n) is 11.7. The second-order valence-electron chi connectivity index (χ2n) is 4.49. The van der Waals surface area contributed by atoms with E-state index in [1.54, 1.807) is 7.11 Å². The maximum absolute atomic E-state index is 5.33. The Hall–Kier alpha value is -0.120. The molecule has 1 atom stereocenters. The van der Waals surface area contributed by atoms with Gasteiger partial charge in [-0.3, -0.25) is 4.90 Å². The normalized spacial score (nSPS) is 20.8. The van der Waals surface area contributed by atoms with E-state index in [0.29, 0.717) is 5.41 Å². The highest BCUT2D eigenvalue weighted by Crippen LogP contribution is 2.23. The zero-order valence-corrected chi connectivity index (χ0v) is 11.7. The maximum Gasteiger partial charge on any atom is 0.0594 e. The second-order valence-corrected chi connectivity index (χ2v) is 4.49. The summed E-state index contributed by atoms with van der Waals surface area (Å²) in [5.41, 5.74) is 0.298. The van der Waals surface area contributed by atoms with Crippen LogP contribution in [0.3, 0.4) is 0 Å². The van der Waals surface area contributed by atoms with Gasteiger partial charge in [0.05, 0.1) is 19.8 Å². The molecule has 1 aliphatic heterocycles. The van der Waals surface area contributed by atoms with Gasteiger partial charge in [0.1, 0.15) is 0 Å². The lowest BCUT2D eigenvalue weighted by Crippen LogP contribution is -2.44. The zero-order chi connectivity index (χ0) is 12.4. The van der Waals surface area contributed by atoms with Gasteiger partial charge in [-0.2, -0.15) is 0 Å². The van der Waals surface area contributed by atoms with Gasteiger partial charge in [0.2, 0.25) is 0 Å². The van der Waals surface area contributed by atoms with Gasteiger partial charge in [-0.15, -0.1) is 0 Å². The van der Waals surface area contributed by atoms with Crippen LogP contribution >= 0.6 is 0 Å². The Morgan fingerprint density at radius 2 is 1.81 bits per heavy atom. The molecule has 3 nitrogen and oxygen atoms in total. The molecule has 1 rings (SSSR count). The minimum absolute atomic E-state index is 0.298. The number of nitrogens with zero attached hydrogens (tertiary/aromatic N) is 1. The topological polar surface area (TPSA) is 21.7 Å². The van der Waals surface area contributed by atoms with Gasteiger partial charge in [-0.1, -0.05) is 27.7 Å². The molecule has 0 aromatic carbocycles. The first-order valence-corrected chi connectivity index (χ1v) is 6.49. The molecule has 98 valence electrons. The predicted molar refractivity (Wildman–Crippen MR) is 68.9 cm³/mol. The Morgan fingerprint density at radius 1 is 1.25 bits per heavy atom. The molecule has 16 heavy (non-hydrogen) atoms. The van der Waals surface area contributed by atoms with E-state index in [-0.39, 0.29) is 0 Å². The average molecular weight is 231 g/mol. The van der Waals surface area contributed by atoms with Gasteiger partial charge in [-0.05, 0) is 6.42 Å². The Morgan fingerprint density at radius 3 is 2.25 bits per heavy atom. The van der Waals surface area contributed by atoms with E-state index < -0.39 is 0 Å². The number of morpholine rings is 1. The van der Waals surface area contributed by atoms with Crippen LogP contribution in [0.15, 0.2) is 0 Å². The van der Waals surface area contributed by atoms with E-state index in [2.05, 4.69) is 18.7 Å². The summed E-state index contributed by atoms with van der Waals surface area (Å²) in [4.78, 5) is 2.48. The third-order valence-corrected chi connectivity index (χ3v) is 3.06. The third kappa shape index (κ3) is 5.83. The van der Waals surface area contributed by atoms with Crippen molar-refractivity contribution in [3.05, 3.63) is 0 Å². The highest BCUT2D eigenvalue weighted by molar-refractivity contribution is 4.78. The SMILES string of the molecule is CC.CCC(C)(COC)CN1CCOCC1. The van der Waals surface area contributed by atoms with Gasteiger partial charge < -0.3 is 9.47 Å². The van der Waals surface area contributed by atoms with Crippen molar-refractivity contribution < 1.29 is 9.47 Å². The Balaban J connectivity index is 0.00000106. The van der Waals surface area contributed by atoms with E-state index in [1.165, 1.54) is 0 Å². The smallest absolute Gasteiger partial charge is 0.0594 e. The van der Waals surface area contributed by atoms with Gasteiger partial charge in [-0.25, -0.2) is 0 Å². The summed E-state index contributed by atoms with van der Waals surface area (Å²) in [7, 11) is 1.78. The van der Waals surface area contributed by atoms with Crippen LogP contribution in [0.4, 0.5) is 0 Å². The molecular weight excluding hydrogens is 202 g/mol. The fourth-order valence-electron chi connectivity index (χ4n) is 1.91. The van der Waals surface area contributed by atoms with Crippen LogP contribution in [0.5, 0.6) is 0 Å². The van der Waals surface area contributed by atoms with E-state index >= 15 is 0 Å². The van der Waals surface area contributed by atoms with Crippen molar-refractivity contribution in [2.24, 2.45) is 5.41 Å². The highest BCUT2D eigenvalue weighted by Gasteiger charge is 2.26. The highest BCUT2D eigenvalue weighted by atomic mass is 16.5. The van der Waals surface area contributed by atoms with Gasteiger partial charge in [0.25, 0.3) is 0 Å². The first kappa shape index (κ1) is 15.9. The van der Waals surface area contributed by atoms with Crippen LogP contribution in [0.1, 0.15) is 34.1 Å². The molecule has 1 fully saturated rings. The monoisotopic (exact) mass is 231 g/mol. The predicted octanol–water partition coefficient (Wildman–Crippen LogP) is 2.41. The van der Waals surface area contributed by atoms with Crippen LogP contribution in [0, 0.1) is 5.41 Å². The van der Waals surface area contributed by atoms with Crippen molar-refractivity contribution in [1.82, 2.24) is 4.90 Å². The Bertz CT molecular complexity index is 158. The Kier molecular flexibility index (Phi) is 8.90. The standard InChI is InChI=1S/C11H23NO2.C2H6/c1-4-11(2,10-13-3)9-12-5-7-14-8-6-12;1-2/h4-10H2,1-3H3;1-2H3. The van der Waals surface area contributed by atoms with Crippen LogP contribution < -0.4 is 0 Å². The summed E-state index contributed by atoms with van der Waals surface area (Å²) in [6.07, 6.45) is 1.16. The fraction of sp³-hybridized carbons (Fsp3) is 1.00. The summed E-state index contributed by atoms with van der Waals surface area (Å²) in [6, 6.07) is 0. The van der Waals surface area contributed by atoms with Crippen LogP contribution in [0.25, 0.3) is 0 Å².